The zero-order chi connectivity index (χ0) is 13.1. The predicted molar refractivity (Wildman–Crippen MR) is 74.9 cm³/mol. The molecule has 4 heteroatoms. The highest BCUT2D eigenvalue weighted by Gasteiger charge is 2.24. The first-order valence-corrected chi connectivity index (χ1v) is 7.14. The second-order valence-corrected chi connectivity index (χ2v) is 5.39. The Morgan fingerprint density at radius 3 is 3.05 bits per heavy atom. The molecule has 1 aromatic rings. The van der Waals surface area contributed by atoms with E-state index in [1.54, 1.807) is 0 Å². The van der Waals surface area contributed by atoms with Crippen LogP contribution in [0, 0.1) is 5.92 Å². The van der Waals surface area contributed by atoms with Gasteiger partial charge in [-0.1, -0.05) is 24.3 Å². The molecule has 0 aliphatic carbocycles. The van der Waals surface area contributed by atoms with Crippen molar-refractivity contribution in [2.24, 2.45) is 5.92 Å². The Morgan fingerprint density at radius 2 is 2.21 bits per heavy atom. The van der Waals surface area contributed by atoms with Crippen molar-refractivity contribution in [2.45, 2.75) is 18.9 Å². The average Bonchev–Trinajstić information content (AvgIpc) is 2.99. The van der Waals surface area contributed by atoms with E-state index in [4.69, 9.17) is 0 Å². The monoisotopic (exact) mass is 259 g/mol. The largest absolute Gasteiger partial charge is 0.354 e. The van der Waals surface area contributed by atoms with Crippen LogP contribution in [0.3, 0.4) is 0 Å². The third-order valence-corrected chi connectivity index (χ3v) is 4.13. The molecular formula is C15H21N3O. The molecule has 2 aliphatic rings. The molecule has 0 spiro atoms. The van der Waals surface area contributed by atoms with Crippen molar-refractivity contribution in [3.63, 3.8) is 0 Å². The molecule has 2 atom stereocenters. The Kier molecular flexibility index (Phi) is 3.80. The summed E-state index contributed by atoms with van der Waals surface area (Å²) < 4.78 is 0. The summed E-state index contributed by atoms with van der Waals surface area (Å²) >= 11 is 0. The fraction of sp³-hybridized carbons (Fsp3) is 0.533. The van der Waals surface area contributed by atoms with Crippen molar-refractivity contribution in [2.75, 3.05) is 26.2 Å². The summed E-state index contributed by atoms with van der Waals surface area (Å²) in [5.74, 6) is 0.341. The average molecular weight is 259 g/mol. The first-order valence-electron chi connectivity index (χ1n) is 7.14. The summed E-state index contributed by atoms with van der Waals surface area (Å²) in [6.07, 6.45) is 2.04. The Labute approximate surface area is 114 Å². The van der Waals surface area contributed by atoms with E-state index >= 15 is 0 Å². The first kappa shape index (κ1) is 12.6. The summed E-state index contributed by atoms with van der Waals surface area (Å²) in [4.78, 5) is 12.0. The molecule has 0 bridgehead atoms. The number of nitrogens with one attached hydrogen (secondary N) is 3. The number of carbonyl (C=O) groups excluding carboxylic acids is 1. The van der Waals surface area contributed by atoms with E-state index in [2.05, 4.69) is 40.2 Å². The highest BCUT2D eigenvalue weighted by atomic mass is 16.1. The third kappa shape index (κ3) is 2.80. The van der Waals surface area contributed by atoms with E-state index in [1.807, 2.05) is 0 Å². The van der Waals surface area contributed by atoms with Crippen LogP contribution in [-0.4, -0.2) is 32.1 Å². The van der Waals surface area contributed by atoms with Crippen molar-refractivity contribution in [3.05, 3.63) is 35.4 Å². The lowest BCUT2D eigenvalue weighted by molar-refractivity contribution is -0.124. The lowest BCUT2D eigenvalue weighted by atomic mass is 9.94. The highest BCUT2D eigenvalue weighted by molar-refractivity contribution is 5.79. The van der Waals surface area contributed by atoms with Gasteiger partial charge in [0.25, 0.3) is 0 Å². The molecule has 0 radical (unpaired) electrons. The van der Waals surface area contributed by atoms with Crippen LogP contribution in [-0.2, 0) is 11.2 Å². The quantitative estimate of drug-likeness (QED) is 0.745. The van der Waals surface area contributed by atoms with E-state index in [-0.39, 0.29) is 17.9 Å². The van der Waals surface area contributed by atoms with Crippen LogP contribution >= 0.6 is 0 Å². The van der Waals surface area contributed by atoms with Crippen LogP contribution in [0.4, 0.5) is 0 Å². The number of carbonyl (C=O) groups is 1. The molecule has 102 valence electrons. The molecule has 1 unspecified atom stereocenters. The molecule has 1 amide bonds. The Bertz CT molecular complexity index is 454. The highest BCUT2D eigenvalue weighted by Crippen LogP contribution is 2.22. The van der Waals surface area contributed by atoms with Gasteiger partial charge in [-0.2, -0.15) is 0 Å². The van der Waals surface area contributed by atoms with Crippen molar-refractivity contribution >= 4 is 5.91 Å². The summed E-state index contributed by atoms with van der Waals surface area (Å²) in [6, 6.07) is 8.76. The van der Waals surface area contributed by atoms with Gasteiger partial charge in [0, 0.05) is 19.1 Å². The van der Waals surface area contributed by atoms with Crippen molar-refractivity contribution in [3.8, 4) is 0 Å². The maximum absolute atomic E-state index is 12.0. The molecule has 0 aromatic heterocycles. The van der Waals surface area contributed by atoms with Crippen molar-refractivity contribution in [1.82, 2.24) is 16.0 Å². The fourth-order valence-electron chi connectivity index (χ4n) is 3.00. The Morgan fingerprint density at radius 1 is 1.32 bits per heavy atom. The van der Waals surface area contributed by atoms with Gasteiger partial charge in [-0.25, -0.2) is 0 Å². The van der Waals surface area contributed by atoms with Gasteiger partial charge in [0.1, 0.15) is 0 Å². The van der Waals surface area contributed by atoms with E-state index in [9.17, 15) is 4.79 Å². The number of hydrogen-bond acceptors (Lipinski definition) is 3. The van der Waals surface area contributed by atoms with E-state index < -0.39 is 0 Å². The second-order valence-electron chi connectivity index (χ2n) is 5.39. The number of fused-ring (bicyclic) bond motifs is 1. The molecule has 3 rings (SSSR count). The SMILES string of the molecule is O=C(NCC1NCCc2ccccc21)[C@@H]1CCNC1. The zero-order valence-electron chi connectivity index (χ0n) is 11.1. The third-order valence-electron chi connectivity index (χ3n) is 4.13. The molecule has 0 saturated carbocycles. The maximum atomic E-state index is 12.0. The summed E-state index contributed by atoms with van der Waals surface area (Å²) in [6.45, 7) is 3.46. The standard InChI is InChI=1S/C15H21N3O/c19-15(12-5-7-16-9-12)18-10-14-13-4-2-1-3-11(13)6-8-17-14/h1-4,12,14,16-17H,5-10H2,(H,18,19)/t12-,14?/m1/s1. The van der Waals surface area contributed by atoms with Crippen molar-refractivity contribution in [1.29, 1.82) is 0 Å². The van der Waals surface area contributed by atoms with Crippen LogP contribution in [0.5, 0.6) is 0 Å². The summed E-state index contributed by atoms with van der Waals surface area (Å²) in [5, 5.41) is 9.82. The number of benzene rings is 1. The first-order chi connectivity index (χ1) is 9.34. The van der Waals surface area contributed by atoms with Crippen LogP contribution in [0.2, 0.25) is 0 Å². The Balaban J connectivity index is 1.60. The molecule has 19 heavy (non-hydrogen) atoms. The van der Waals surface area contributed by atoms with Gasteiger partial charge in [0.2, 0.25) is 5.91 Å². The molecule has 1 aromatic carbocycles. The predicted octanol–water partition coefficient (Wildman–Crippen LogP) is 0.599. The van der Waals surface area contributed by atoms with Gasteiger partial charge in [0.05, 0.1) is 5.92 Å². The van der Waals surface area contributed by atoms with Gasteiger partial charge in [-0.3, -0.25) is 4.79 Å². The van der Waals surface area contributed by atoms with Gasteiger partial charge < -0.3 is 16.0 Å². The van der Waals surface area contributed by atoms with Crippen LogP contribution in [0.1, 0.15) is 23.6 Å². The van der Waals surface area contributed by atoms with Crippen LogP contribution < -0.4 is 16.0 Å². The lowest BCUT2D eigenvalue weighted by Crippen LogP contribution is -2.41. The second kappa shape index (κ2) is 5.72. The van der Waals surface area contributed by atoms with Gasteiger partial charge in [-0.15, -0.1) is 0 Å². The molecule has 2 heterocycles. The van der Waals surface area contributed by atoms with E-state index in [0.29, 0.717) is 6.54 Å². The van der Waals surface area contributed by atoms with Gasteiger partial charge in [0.15, 0.2) is 0 Å². The summed E-state index contributed by atoms with van der Waals surface area (Å²) in [7, 11) is 0. The van der Waals surface area contributed by atoms with Crippen LogP contribution in [0.25, 0.3) is 0 Å². The smallest absolute Gasteiger partial charge is 0.224 e. The lowest BCUT2D eigenvalue weighted by Gasteiger charge is -2.27. The van der Waals surface area contributed by atoms with Gasteiger partial charge in [-0.05, 0) is 37.1 Å². The Hall–Kier alpha value is -1.39. The fourth-order valence-corrected chi connectivity index (χ4v) is 3.00. The molecule has 4 nitrogen and oxygen atoms in total. The minimum absolute atomic E-state index is 0.152. The number of hydrogen-bond donors (Lipinski definition) is 3. The van der Waals surface area contributed by atoms with Gasteiger partial charge >= 0.3 is 0 Å². The minimum atomic E-state index is 0.152. The number of rotatable bonds is 3. The zero-order valence-corrected chi connectivity index (χ0v) is 11.1. The van der Waals surface area contributed by atoms with Crippen LogP contribution in [0.15, 0.2) is 24.3 Å². The van der Waals surface area contributed by atoms with E-state index in [1.165, 1.54) is 11.1 Å². The maximum Gasteiger partial charge on any atom is 0.224 e. The summed E-state index contributed by atoms with van der Waals surface area (Å²) in [5.41, 5.74) is 2.74. The molecular weight excluding hydrogens is 238 g/mol. The molecule has 3 N–H and O–H groups in total. The normalized spacial score (nSPS) is 25.9. The van der Waals surface area contributed by atoms with E-state index in [0.717, 1.165) is 32.5 Å². The molecule has 1 fully saturated rings. The molecule has 2 aliphatic heterocycles. The number of amides is 1. The van der Waals surface area contributed by atoms with Crippen molar-refractivity contribution < 1.29 is 4.79 Å². The minimum Gasteiger partial charge on any atom is -0.354 e. The topological polar surface area (TPSA) is 53.2 Å². The molecule has 1 saturated heterocycles.